The first-order valence-corrected chi connectivity index (χ1v) is 10.1. The fraction of sp³-hybridized carbons (Fsp3) is 0.167. The predicted molar refractivity (Wildman–Crippen MR) is 121 cm³/mol. The summed E-state index contributed by atoms with van der Waals surface area (Å²) in [5.74, 6) is -0.607. The van der Waals surface area contributed by atoms with Crippen LogP contribution in [-0.2, 0) is 11.3 Å². The molecule has 0 spiro atoms. The van der Waals surface area contributed by atoms with Gasteiger partial charge in [0.15, 0.2) is 0 Å². The van der Waals surface area contributed by atoms with Crippen LogP contribution in [0.3, 0.4) is 0 Å². The topological polar surface area (TPSA) is 86.1 Å². The third kappa shape index (κ3) is 3.90. The highest BCUT2D eigenvalue weighted by molar-refractivity contribution is 6.03. The minimum atomic E-state index is -0.607. The number of fused-ring (bicyclic) bond motifs is 1. The highest BCUT2D eigenvalue weighted by Gasteiger charge is 2.25. The molecule has 31 heavy (non-hydrogen) atoms. The second-order valence-corrected chi connectivity index (χ2v) is 6.84. The predicted octanol–water partition coefficient (Wildman–Crippen LogP) is 4.40. The second-order valence-electron chi connectivity index (χ2n) is 6.84. The van der Waals surface area contributed by atoms with Crippen LogP contribution >= 0.6 is 0 Å². The lowest BCUT2D eigenvalue weighted by Gasteiger charge is -2.17. The van der Waals surface area contributed by atoms with Crippen molar-refractivity contribution in [3.8, 4) is 11.3 Å². The molecule has 0 saturated heterocycles. The molecular formula is C24H22N4O3. The van der Waals surface area contributed by atoms with Crippen molar-refractivity contribution in [3.63, 3.8) is 0 Å². The number of carbonyl (C=O) groups excluding carboxylic acids is 1. The third-order valence-electron chi connectivity index (χ3n) is 4.91. The highest BCUT2D eigenvalue weighted by atomic mass is 16.5. The van der Waals surface area contributed by atoms with Gasteiger partial charge in [-0.3, -0.25) is 9.78 Å². The smallest absolute Gasteiger partial charge is 0.342 e. The zero-order valence-electron chi connectivity index (χ0n) is 17.3. The van der Waals surface area contributed by atoms with Crippen molar-refractivity contribution in [2.24, 2.45) is 0 Å². The molecule has 0 saturated carbocycles. The summed E-state index contributed by atoms with van der Waals surface area (Å²) in [6.45, 7) is 4.09. The van der Waals surface area contributed by atoms with Gasteiger partial charge in [-0.15, -0.1) is 0 Å². The molecule has 0 aliphatic heterocycles. The van der Waals surface area contributed by atoms with Crippen LogP contribution < -0.4 is 10.9 Å². The van der Waals surface area contributed by atoms with Crippen LogP contribution in [0.1, 0.15) is 24.2 Å². The number of rotatable bonds is 6. The summed E-state index contributed by atoms with van der Waals surface area (Å²) in [5, 5.41) is 9.45. The van der Waals surface area contributed by atoms with Crippen molar-refractivity contribution in [2.75, 3.05) is 11.9 Å². The number of ether oxygens (including phenoxy) is 1. The van der Waals surface area contributed by atoms with Gasteiger partial charge < -0.3 is 10.1 Å². The molecule has 7 heteroatoms. The van der Waals surface area contributed by atoms with Crippen molar-refractivity contribution in [2.45, 2.75) is 20.4 Å². The maximum atomic E-state index is 13.3. The molecule has 4 aromatic rings. The van der Waals surface area contributed by atoms with Crippen LogP contribution in [0.25, 0.3) is 22.0 Å². The van der Waals surface area contributed by atoms with Crippen molar-refractivity contribution in [3.05, 3.63) is 82.9 Å². The van der Waals surface area contributed by atoms with Gasteiger partial charge in [-0.25, -0.2) is 9.48 Å². The number of hydrogen-bond acceptors (Lipinski definition) is 6. The van der Waals surface area contributed by atoms with Crippen LogP contribution in [0.5, 0.6) is 0 Å². The van der Waals surface area contributed by atoms with E-state index in [4.69, 9.17) is 4.74 Å². The van der Waals surface area contributed by atoms with E-state index in [-0.39, 0.29) is 17.9 Å². The number of pyridine rings is 1. The van der Waals surface area contributed by atoms with E-state index in [0.29, 0.717) is 23.5 Å². The number of esters is 1. The van der Waals surface area contributed by atoms with Gasteiger partial charge in [0.2, 0.25) is 0 Å². The van der Waals surface area contributed by atoms with Gasteiger partial charge in [-0.05, 0) is 13.8 Å². The van der Waals surface area contributed by atoms with Crippen molar-refractivity contribution >= 4 is 28.1 Å². The van der Waals surface area contributed by atoms with Gasteiger partial charge in [-0.1, -0.05) is 54.6 Å². The maximum absolute atomic E-state index is 13.3. The normalized spacial score (nSPS) is 10.8. The lowest BCUT2D eigenvalue weighted by Crippen LogP contribution is -2.29. The number of anilines is 2. The van der Waals surface area contributed by atoms with Gasteiger partial charge >= 0.3 is 5.97 Å². The zero-order valence-corrected chi connectivity index (χ0v) is 17.3. The Bertz CT molecular complexity index is 1290. The standard InChI is InChI=1S/C24H22N4O3/c1-3-28-23(29)22(26-19-15-25-14-17-12-8-9-13-18(17)19)20(24(30)31-4-2)21(27-28)16-10-6-5-7-11-16/h5-15,26H,3-4H2,1-2H3. The Morgan fingerprint density at radius 1 is 1.03 bits per heavy atom. The minimum absolute atomic E-state index is 0.107. The molecule has 2 heterocycles. The Balaban J connectivity index is 1.99. The number of nitrogens with zero attached hydrogens (tertiary/aromatic N) is 3. The fourth-order valence-corrected chi connectivity index (χ4v) is 3.45. The monoisotopic (exact) mass is 414 g/mol. The van der Waals surface area contributed by atoms with Gasteiger partial charge in [0.1, 0.15) is 16.9 Å². The van der Waals surface area contributed by atoms with E-state index >= 15 is 0 Å². The molecular weight excluding hydrogens is 392 g/mol. The molecule has 4 rings (SSSR count). The Hall–Kier alpha value is -4.00. The lowest BCUT2D eigenvalue weighted by molar-refractivity contribution is 0.0527. The number of aromatic nitrogens is 3. The van der Waals surface area contributed by atoms with E-state index in [1.54, 1.807) is 19.3 Å². The van der Waals surface area contributed by atoms with Crippen LogP contribution in [0.2, 0.25) is 0 Å². The highest BCUT2D eigenvalue weighted by Crippen LogP contribution is 2.30. The molecule has 2 aromatic heterocycles. The second kappa shape index (κ2) is 8.79. The summed E-state index contributed by atoms with van der Waals surface area (Å²) in [5.41, 5.74) is 1.54. The number of nitrogens with one attached hydrogen (secondary N) is 1. The molecule has 156 valence electrons. The zero-order chi connectivity index (χ0) is 21.8. The maximum Gasteiger partial charge on any atom is 0.342 e. The first kappa shape index (κ1) is 20.3. The quantitative estimate of drug-likeness (QED) is 0.471. The molecule has 0 aliphatic rings. The van der Waals surface area contributed by atoms with E-state index in [9.17, 15) is 9.59 Å². The molecule has 0 radical (unpaired) electrons. The molecule has 2 aromatic carbocycles. The summed E-state index contributed by atoms with van der Waals surface area (Å²) in [6.07, 6.45) is 3.38. The Kier molecular flexibility index (Phi) is 5.75. The SMILES string of the molecule is CCOC(=O)c1c(-c2ccccc2)nn(CC)c(=O)c1Nc1cncc2ccccc12. The molecule has 0 fully saturated rings. The van der Waals surface area contributed by atoms with E-state index in [1.165, 1.54) is 4.68 Å². The van der Waals surface area contributed by atoms with E-state index in [1.807, 2.05) is 61.5 Å². The van der Waals surface area contributed by atoms with Gasteiger partial charge in [0, 0.05) is 29.1 Å². The summed E-state index contributed by atoms with van der Waals surface area (Å²) < 4.78 is 6.64. The largest absolute Gasteiger partial charge is 0.462 e. The van der Waals surface area contributed by atoms with E-state index in [2.05, 4.69) is 15.4 Å². The van der Waals surface area contributed by atoms with E-state index in [0.717, 1.165) is 10.8 Å². The third-order valence-corrected chi connectivity index (χ3v) is 4.91. The molecule has 0 unspecified atom stereocenters. The molecule has 0 bridgehead atoms. The molecule has 1 N–H and O–H groups in total. The minimum Gasteiger partial charge on any atom is -0.462 e. The number of aryl methyl sites for hydroxylation is 1. The van der Waals surface area contributed by atoms with Crippen LogP contribution in [0.4, 0.5) is 11.4 Å². The Morgan fingerprint density at radius 3 is 2.52 bits per heavy atom. The fourth-order valence-electron chi connectivity index (χ4n) is 3.45. The average Bonchev–Trinajstić information content (AvgIpc) is 2.81. The number of hydrogen-bond donors (Lipinski definition) is 1. The van der Waals surface area contributed by atoms with Crippen LogP contribution in [0.15, 0.2) is 71.8 Å². The van der Waals surface area contributed by atoms with Gasteiger partial charge in [0.05, 0.1) is 18.5 Å². The summed E-state index contributed by atoms with van der Waals surface area (Å²) in [4.78, 5) is 30.5. The van der Waals surface area contributed by atoms with Crippen molar-refractivity contribution in [1.29, 1.82) is 0 Å². The van der Waals surface area contributed by atoms with Crippen molar-refractivity contribution in [1.82, 2.24) is 14.8 Å². The van der Waals surface area contributed by atoms with Gasteiger partial charge in [0.25, 0.3) is 5.56 Å². The van der Waals surface area contributed by atoms with Gasteiger partial charge in [-0.2, -0.15) is 5.10 Å². The molecule has 0 aliphatic carbocycles. The Labute approximate surface area is 179 Å². The Morgan fingerprint density at radius 2 is 1.77 bits per heavy atom. The van der Waals surface area contributed by atoms with Crippen LogP contribution in [-0.4, -0.2) is 27.3 Å². The van der Waals surface area contributed by atoms with E-state index < -0.39 is 11.5 Å². The molecule has 0 amide bonds. The first-order chi connectivity index (χ1) is 15.1. The summed E-state index contributed by atoms with van der Waals surface area (Å²) in [6, 6.07) is 17.0. The van der Waals surface area contributed by atoms with Crippen LogP contribution in [0, 0.1) is 0 Å². The lowest BCUT2D eigenvalue weighted by atomic mass is 10.0. The average molecular weight is 414 g/mol. The molecule has 0 atom stereocenters. The van der Waals surface area contributed by atoms with Crippen molar-refractivity contribution < 1.29 is 9.53 Å². The number of carbonyl (C=O) groups is 1. The first-order valence-electron chi connectivity index (χ1n) is 10.1. The summed E-state index contributed by atoms with van der Waals surface area (Å²) >= 11 is 0. The summed E-state index contributed by atoms with van der Waals surface area (Å²) in [7, 11) is 0. The molecule has 7 nitrogen and oxygen atoms in total. The number of benzene rings is 2.